The van der Waals surface area contributed by atoms with Crippen LogP contribution in [0, 0.1) is 11.8 Å². The Morgan fingerprint density at radius 2 is 1.79 bits per heavy atom. The smallest absolute Gasteiger partial charge is 0.211 e. The summed E-state index contributed by atoms with van der Waals surface area (Å²) in [6.45, 7) is 8.93. The molecule has 0 aromatic heterocycles. The Kier molecular flexibility index (Phi) is 7.26. The van der Waals surface area contributed by atoms with Crippen LogP contribution in [0.15, 0.2) is 30.3 Å². The summed E-state index contributed by atoms with van der Waals surface area (Å²) < 4.78 is 27.4. The van der Waals surface area contributed by atoms with Crippen LogP contribution in [-0.2, 0) is 10.0 Å². The summed E-state index contributed by atoms with van der Waals surface area (Å²) >= 11 is 0. The molecule has 1 aromatic carbocycles. The average Bonchev–Trinajstić information content (AvgIpc) is 2.56. The van der Waals surface area contributed by atoms with E-state index in [0.29, 0.717) is 18.9 Å². The van der Waals surface area contributed by atoms with Gasteiger partial charge in [0.25, 0.3) is 0 Å². The highest BCUT2D eigenvalue weighted by Crippen LogP contribution is 2.26. The van der Waals surface area contributed by atoms with Crippen molar-refractivity contribution in [3.63, 3.8) is 0 Å². The molecule has 1 heterocycles. The Labute approximate surface area is 147 Å². The minimum absolute atomic E-state index is 0.118. The highest BCUT2D eigenvalue weighted by atomic mass is 32.2. The van der Waals surface area contributed by atoms with E-state index in [4.69, 9.17) is 0 Å². The predicted molar refractivity (Wildman–Crippen MR) is 100 cm³/mol. The molecule has 0 spiro atoms. The molecular weight excluding hydrogens is 320 g/mol. The van der Waals surface area contributed by atoms with E-state index in [0.717, 1.165) is 19.0 Å². The molecule has 24 heavy (non-hydrogen) atoms. The first-order chi connectivity index (χ1) is 11.4. The van der Waals surface area contributed by atoms with Crippen molar-refractivity contribution in [2.75, 3.05) is 25.4 Å². The fourth-order valence-corrected chi connectivity index (χ4v) is 4.48. The minimum Gasteiger partial charge on any atom is -0.295 e. The molecule has 0 saturated carbocycles. The predicted octanol–water partition coefficient (Wildman–Crippen LogP) is 3.43. The Morgan fingerprint density at radius 1 is 1.17 bits per heavy atom. The maximum Gasteiger partial charge on any atom is 0.211 e. The van der Waals surface area contributed by atoms with Crippen molar-refractivity contribution in [2.24, 2.45) is 11.8 Å². The van der Waals surface area contributed by atoms with Crippen LogP contribution >= 0.6 is 0 Å². The zero-order valence-electron chi connectivity index (χ0n) is 15.2. The van der Waals surface area contributed by atoms with Gasteiger partial charge >= 0.3 is 0 Å². The van der Waals surface area contributed by atoms with Crippen molar-refractivity contribution in [3.8, 4) is 0 Å². The number of piperidine rings is 1. The number of nitrogens with one attached hydrogen (secondary N) is 1. The van der Waals surface area contributed by atoms with E-state index in [-0.39, 0.29) is 11.8 Å². The lowest BCUT2D eigenvalue weighted by Crippen LogP contribution is -2.42. The summed E-state index contributed by atoms with van der Waals surface area (Å²) in [6.07, 6.45) is 3.07. The van der Waals surface area contributed by atoms with E-state index in [1.807, 2.05) is 18.2 Å². The van der Waals surface area contributed by atoms with E-state index in [9.17, 15) is 8.42 Å². The summed E-state index contributed by atoms with van der Waals surface area (Å²) in [4.78, 5) is 2.43. The first-order valence-corrected chi connectivity index (χ1v) is 10.8. The molecular formula is C19H32N2O2S. The van der Waals surface area contributed by atoms with Gasteiger partial charge in [-0.2, -0.15) is 0 Å². The summed E-state index contributed by atoms with van der Waals surface area (Å²) in [5.41, 5.74) is 1.19. The molecule has 2 rings (SSSR count). The van der Waals surface area contributed by atoms with Crippen molar-refractivity contribution in [2.45, 2.75) is 46.1 Å². The number of rotatable bonds is 8. The van der Waals surface area contributed by atoms with Crippen molar-refractivity contribution >= 4 is 10.0 Å². The van der Waals surface area contributed by atoms with E-state index >= 15 is 0 Å². The van der Waals surface area contributed by atoms with Gasteiger partial charge in [0.05, 0.1) is 5.75 Å². The van der Waals surface area contributed by atoms with Gasteiger partial charge in [-0.05, 0) is 49.8 Å². The zero-order chi connectivity index (χ0) is 17.6. The van der Waals surface area contributed by atoms with Gasteiger partial charge in [-0.1, -0.05) is 51.1 Å². The SMILES string of the molecule is CC(C)CCS(=O)(=O)NCC(c1ccccc1)N1CCC(C)CC1. The Balaban J connectivity index is 2.04. The number of hydrogen-bond donors (Lipinski definition) is 1. The summed E-state index contributed by atoms with van der Waals surface area (Å²) in [6, 6.07) is 10.4. The molecule has 5 heteroatoms. The molecule has 1 N–H and O–H groups in total. The molecule has 0 bridgehead atoms. The summed E-state index contributed by atoms with van der Waals surface area (Å²) in [7, 11) is -3.21. The highest BCUT2D eigenvalue weighted by molar-refractivity contribution is 7.89. The third kappa shape index (κ3) is 6.19. The third-order valence-corrected chi connectivity index (χ3v) is 6.28. The van der Waals surface area contributed by atoms with Crippen molar-refractivity contribution in [1.82, 2.24) is 9.62 Å². The molecule has 1 atom stereocenters. The Morgan fingerprint density at radius 3 is 2.38 bits per heavy atom. The number of likely N-dealkylation sites (tertiary alicyclic amines) is 1. The monoisotopic (exact) mass is 352 g/mol. The molecule has 1 unspecified atom stereocenters. The van der Waals surface area contributed by atoms with E-state index < -0.39 is 10.0 Å². The normalized spacial score (nSPS) is 18.8. The van der Waals surface area contributed by atoms with Gasteiger partial charge < -0.3 is 0 Å². The molecule has 0 radical (unpaired) electrons. The lowest BCUT2D eigenvalue weighted by atomic mass is 9.96. The largest absolute Gasteiger partial charge is 0.295 e. The summed E-state index contributed by atoms with van der Waals surface area (Å²) in [5, 5.41) is 0. The standard InChI is InChI=1S/C19H32N2O2S/c1-16(2)11-14-24(22,23)20-15-19(18-7-5-4-6-8-18)21-12-9-17(3)10-13-21/h4-8,16-17,19-20H,9-15H2,1-3H3. The molecule has 1 aliphatic rings. The topological polar surface area (TPSA) is 49.4 Å². The Bertz CT molecular complexity index is 579. The van der Waals surface area contributed by atoms with Gasteiger partial charge in [-0.3, -0.25) is 4.90 Å². The Hall–Kier alpha value is -0.910. The van der Waals surface area contributed by atoms with Crippen LogP contribution < -0.4 is 4.72 Å². The molecule has 1 fully saturated rings. The van der Waals surface area contributed by atoms with Crippen LogP contribution in [-0.4, -0.2) is 38.7 Å². The second-order valence-corrected chi connectivity index (χ2v) is 9.42. The lowest BCUT2D eigenvalue weighted by Gasteiger charge is -2.37. The quantitative estimate of drug-likeness (QED) is 0.780. The van der Waals surface area contributed by atoms with Crippen molar-refractivity contribution < 1.29 is 8.42 Å². The van der Waals surface area contributed by atoms with Crippen LogP contribution in [0.3, 0.4) is 0 Å². The maximum absolute atomic E-state index is 12.3. The first kappa shape index (κ1) is 19.4. The number of benzene rings is 1. The molecule has 4 nitrogen and oxygen atoms in total. The van der Waals surface area contributed by atoms with Crippen LogP contribution in [0.1, 0.15) is 51.6 Å². The van der Waals surface area contributed by atoms with Crippen LogP contribution in [0.25, 0.3) is 0 Å². The second-order valence-electron chi connectivity index (χ2n) is 7.49. The first-order valence-electron chi connectivity index (χ1n) is 9.13. The molecule has 0 amide bonds. The van der Waals surface area contributed by atoms with E-state index in [1.165, 1.54) is 18.4 Å². The van der Waals surface area contributed by atoms with Gasteiger partial charge in [0, 0.05) is 12.6 Å². The van der Waals surface area contributed by atoms with Gasteiger partial charge in [-0.15, -0.1) is 0 Å². The fraction of sp³-hybridized carbons (Fsp3) is 0.684. The van der Waals surface area contributed by atoms with Gasteiger partial charge in [0.1, 0.15) is 0 Å². The average molecular weight is 353 g/mol. The second kappa shape index (κ2) is 8.97. The molecule has 1 aromatic rings. The summed E-state index contributed by atoms with van der Waals surface area (Å²) in [5.74, 6) is 1.37. The van der Waals surface area contributed by atoms with Crippen molar-refractivity contribution in [3.05, 3.63) is 35.9 Å². The molecule has 136 valence electrons. The van der Waals surface area contributed by atoms with Gasteiger partial charge in [0.2, 0.25) is 10.0 Å². The highest BCUT2D eigenvalue weighted by Gasteiger charge is 2.25. The van der Waals surface area contributed by atoms with E-state index in [1.54, 1.807) is 0 Å². The number of sulfonamides is 1. The lowest BCUT2D eigenvalue weighted by molar-refractivity contribution is 0.139. The minimum atomic E-state index is -3.21. The van der Waals surface area contributed by atoms with Crippen molar-refractivity contribution in [1.29, 1.82) is 0 Å². The molecule has 1 saturated heterocycles. The molecule has 0 aliphatic carbocycles. The molecule has 1 aliphatic heterocycles. The van der Waals surface area contributed by atoms with E-state index in [2.05, 4.69) is 42.5 Å². The fourth-order valence-electron chi connectivity index (χ4n) is 3.14. The number of nitrogens with zero attached hydrogens (tertiary/aromatic N) is 1. The van der Waals surface area contributed by atoms with Gasteiger partial charge in [0.15, 0.2) is 0 Å². The zero-order valence-corrected chi connectivity index (χ0v) is 16.1. The van der Waals surface area contributed by atoms with Gasteiger partial charge in [-0.25, -0.2) is 13.1 Å². The third-order valence-electron chi connectivity index (χ3n) is 4.90. The van der Waals surface area contributed by atoms with Crippen LogP contribution in [0.2, 0.25) is 0 Å². The van der Waals surface area contributed by atoms with Crippen LogP contribution in [0.4, 0.5) is 0 Å². The number of hydrogen-bond acceptors (Lipinski definition) is 3. The van der Waals surface area contributed by atoms with Crippen LogP contribution in [0.5, 0.6) is 0 Å². The maximum atomic E-state index is 12.3.